The Hall–Kier alpha value is -1.29. The minimum Gasteiger partial charge on any atom is -0.543 e. The van der Waals surface area contributed by atoms with Crippen molar-refractivity contribution >= 4 is 63.5 Å². The molecule has 0 saturated carbocycles. The number of carbonyl (C=O) groups excluding carboxylic acids is 3. The summed E-state index contributed by atoms with van der Waals surface area (Å²) in [5, 5.41) is 19.4. The van der Waals surface area contributed by atoms with Crippen LogP contribution in [0.25, 0.3) is 0 Å². The summed E-state index contributed by atoms with van der Waals surface area (Å²) in [4.78, 5) is 48.0. The molecule has 0 radical (unpaired) electrons. The van der Waals surface area contributed by atoms with Crippen LogP contribution in [0.5, 0.6) is 0 Å². The van der Waals surface area contributed by atoms with Crippen LogP contribution in [0, 0.1) is 5.92 Å². The van der Waals surface area contributed by atoms with Gasteiger partial charge in [-0.3, -0.25) is 14.5 Å². The molecule has 2 fully saturated rings. The molecule has 3 aliphatic heterocycles. The Morgan fingerprint density at radius 1 is 1.52 bits per heavy atom. The molecule has 1 aromatic heterocycles. The first-order chi connectivity index (χ1) is 15.4. The first-order valence-electron chi connectivity index (χ1n) is 9.63. The van der Waals surface area contributed by atoms with Gasteiger partial charge in [0, 0.05) is 28.4 Å². The molecule has 0 aromatic carbocycles. The molecule has 2 amide bonds. The number of nitrogens with zero attached hydrogens (tertiary/aromatic N) is 3. The predicted octanol–water partition coefficient (Wildman–Crippen LogP) is -3.79. The number of amides is 2. The SMILES string of the molecule is CO/N=C(\C(=O)NC1C(=O)N2C(C(=O)[O-])=C(SCC3CCOC3)CSC12)c1csc(N)n1.[Na+]. The maximum Gasteiger partial charge on any atom is 1.00 e. The number of β-lactam (4-membered cyclic amide) rings is 1. The van der Waals surface area contributed by atoms with Crippen LogP contribution >= 0.6 is 34.9 Å². The van der Waals surface area contributed by atoms with E-state index in [-0.39, 0.29) is 51.8 Å². The Kier molecular flexibility index (Phi) is 9.11. The van der Waals surface area contributed by atoms with Crippen molar-refractivity contribution in [1.82, 2.24) is 15.2 Å². The predicted molar refractivity (Wildman–Crippen MR) is 119 cm³/mol. The summed E-state index contributed by atoms with van der Waals surface area (Å²) in [6.45, 7) is 1.37. The second-order valence-electron chi connectivity index (χ2n) is 7.15. The van der Waals surface area contributed by atoms with Crippen LogP contribution in [0.2, 0.25) is 0 Å². The number of hydrogen-bond donors (Lipinski definition) is 2. The molecule has 4 rings (SSSR count). The molecule has 0 aliphatic carbocycles. The van der Waals surface area contributed by atoms with E-state index in [2.05, 4.69) is 15.5 Å². The number of rotatable bonds is 8. The molecule has 0 spiro atoms. The largest absolute Gasteiger partial charge is 1.00 e. The van der Waals surface area contributed by atoms with Gasteiger partial charge < -0.3 is 30.5 Å². The number of oxime groups is 1. The number of carboxylic acid groups (broad SMARTS) is 1. The number of nitrogens with two attached hydrogens (primary N) is 1. The first kappa shape index (κ1) is 26.3. The summed E-state index contributed by atoms with van der Waals surface area (Å²) in [5.41, 5.74) is 5.60. The zero-order chi connectivity index (χ0) is 22.8. The number of ether oxygens (including phenoxy) is 1. The maximum atomic E-state index is 12.8. The molecule has 2 saturated heterocycles. The van der Waals surface area contributed by atoms with Crippen LogP contribution in [0.3, 0.4) is 0 Å². The van der Waals surface area contributed by atoms with E-state index in [4.69, 9.17) is 15.3 Å². The average molecular weight is 522 g/mol. The van der Waals surface area contributed by atoms with E-state index in [1.54, 1.807) is 5.38 Å². The van der Waals surface area contributed by atoms with Gasteiger partial charge in [-0.1, -0.05) is 5.16 Å². The number of hydrogen-bond acceptors (Lipinski definition) is 12. The zero-order valence-electron chi connectivity index (χ0n) is 17.9. The van der Waals surface area contributed by atoms with Crippen molar-refractivity contribution in [2.24, 2.45) is 11.1 Å². The van der Waals surface area contributed by atoms with Gasteiger partial charge in [0.15, 0.2) is 10.8 Å². The van der Waals surface area contributed by atoms with Crippen LogP contribution in [0.1, 0.15) is 12.1 Å². The minimum absolute atomic E-state index is 0. The van der Waals surface area contributed by atoms with E-state index in [0.29, 0.717) is 35.5 Å². The van der Waals surface area contributed by atoms with E-state index >= 15 is 0 Å². The van der Waals surface area contributed by atoms with E-state index in [0.717, 1.165) is 17.8 Å². The zero-order valence-corrected chi connectivity index (χ0v) is 22.4. The van der Waals surface area contributed by atoms with Gasteiger partial charge in [0.05, 0.1) is 18.3 Å². The maximum absolute atomic E-state index is 12.8. The summed E-state index contributed by atoms with van der Waals surface area (Å²) in [6.07, 6.45) is 0.934. The molecule has 0 bridgehead atoms. The van der Waals surface area contributed by atoms with Gasteiger partial charge in [-0.2, -0.15) is 0 Å². The van der Waals surface area contributed by atoms with Crippen molar-refractivity contribution in [2.75, 3.05) is 37.6 Å². The van der Waals surface area contributed by atoms with Crippen LogP contribution in [-0.4, -0.2) is 76.6 Å². The van der Waals surface area contributed by atoms with Crippen molar-refractivity contribution < 1.29 is 58.6 Å². The number of thioether (sulfide) groups is 2. The Morgan fingerprint density at radius 3 is 2.91 bits per heavy atom. The number of carboxylic acids is 1. The van der Waals surface area contributed by atoms with Crippen LogP contribution < -0.4 is 45.7 Å². The number of aromatic nitrogens is 1. The molecule has 15 heteroatoms. The summed E-state index contributed by atoms with van der Waals surface area (Å²) in [5.74, 6) is -1.12. The number of carbonyl (C=O) groups is 3. The summed E-state index contributed by atoms with van der Waals surface area (Å²) >= 11 is 3.94. The van der Waals surface area contributed by atoms with Crippen molar-refractivity contribution in [3.05, 3.63) is 21.7 Å². The molecule has 3 unspecified atom stereocenters. The topological polar surface area (TPSA) is 159 Å². The number of anilines is 1. The first-order valence-corrected chi connectivity index (χ1v) is 12.5. The van der Waals surface area contributed by atoms with E-state index in [1.165, 1.54) is 35.5 Å². The Balaban J connectivity index is 0.00000306. The molecule has 172 valence electrons. The fourth-order valence-corrected chi connectivity index (χ4v) is 6.82. The molecule has 1 aromatic rings. The fraction of sp³-hybridized carbons (Fsp3) is 0.500. The van der Waals surface area contributed by atoms with E-state index in [1.807, 2.05) is 0 Å². The second kappa shape index (κ2) is 11.4. The summed E-state index contributed by atoms with van der Waals surface area (Å²) in [6, 6.07) is -0.908. The third-order valence-electron chi connectivity index (χ3n) is 5.09. The fourth-order valence-electron chi connectivity index (χ4n) is 3.53. The van der Waals surface area contributed by atoms with Gasteiger partial charge in [0.1, 0.15) is 24.2 Å². The smallest absolute Gasteiger partial charge is 0.543 e. The molecule has 4 heterocycles. The Morgan fingerprint density at radius 2 is 2.30 bits per heavy atom. The monoisotopic (exact) mass is 521 g/mol. The number of thiazole rings is 1. The Bertz CT molecular complexity index is 996. The molecular formula is C18H20N5NaO6S3. The number of nitrogen functional groups attached to an aromatic ring is 1. The third-order valence-corrected chi connectivity index (χ3v) is 8.55. The number of nitrogens with one attached hydrogen (secondary N) is 1. The van der Waals surface area contributed by atoms with Crippen molar-refractivity contribution in [1.29, 1.82) is 0 Å². The van der Waals surface area contributed by atoms with Crippen LogP contribution in [-0.2, 0) is 24.0 Å². The van der Waals surface area contributed by atoms with Crippen molar-refractivity contribution in [2.45, 2.75) is 17.8 Å². The molecule has 11 nitrogen and oxygen atoms in total. The van der Waals surface area contributed by atoms with Gasteiger partial charge >= 0.3 is 29.6 Å². The van der Waals surface area contributed by atoms with E-state index < -0.39 is 29.2 Å². The molecule has 3 atom stereocenters. The molecule has 3 aliphatic rings. The van der Waals surface area contributed by atoms with Gasteiger partial charge in [-0.15, -0.1) is 34.9 Å². The van der Waals surface area contributed by atoms with Crippen LogP contribution in [0.15, 0.2) is 21.1 Å². The van der Waals surface area contributed by atoms with Crippen LogP contribution in [0.4, 0.5) is 5.13 Å². The molecular weight excluding hydrogens is 501 g/mol. The van der Waals surface area contributed by atoms with Crippen molar-refractivity contribution in [3.8, 4) is 0 Å². The standard InChI is InChI=1S/C18H21N5O6S3.Na/c1-28-22-11(9-6-32-18(19)20-9)14(24)21-12-15(25)23-13(17(26)27)10(7-31-16(12)23)30-5-8-2-3-29-4-8;/h6,8,12,16H,2-5,7H2,1H3,(H2,19,20)(H,21,24)(H,26,27);/q;+1/p-1/b22-11-;. The third kappa shape index (κ3) is 5.52. The van der Waals surface area contributed by atoms with Crippen molar-refractivity contribution in [3.63, 3.8) is 0 Å². The quantitative estimate of drug-likeness (QED) is 0.150. The van der Waals surface area contributed by atoms with Gasteiger partial charge in [-0.25, -0.2) is 4.98 Å². The van der Waals surface area contributed by atoms with Gasteiger partial charge in [-0.05, 0) is 12.3 Å². The minimum atomic E-state index is -1.40. The number of fused-ring (bicyclic) bond motifs is 1. The summed E-state index contributed by atoms with van der Waals surface area (Å²) in [7, 11) is 1.28. The number of aliphatic carboxylic acids is 1. The normalized spacial score (nSPS) is 24.6. The Labute approximate surface area is 224 Å². The second-order valence-corrected chi connectivity index (χ2v) is 10.3. The average Bonchev–Trinajstić information content (AvgIpc) is 3.45. The van der Waals surface area contributed by atoms with Gasteiger partial charge in [0.2, 0.25) is 0 Å². The van der Waals surface area contributed by atoms with Gasteiger partial charge in [0.25, 0.3) is 11.8 Å². The van der Waals surface area contributed by atoms with E-state index in [9.17, 15) is 19.5 Å². The summed E-state index contributed by atoms with van der Waals surface area (Å²) < 4.78 is 5.36. The molecule has 3 N–H and O–H groups in total. The molecule has 33 heavy (non-hydrogen) atoms.